The third-order valence-corrected chi connectivity index (χ3v) is 6.43. The summed E-state index contributed by atoms with van der Waals surface area (Å²) in [5, 5.41) is 3.01. The van der Waals surface area contributed by atoms with Crippen LogP contribution >= 0.6 is 0 Å². The molecule has 0 unspecified atom stereocenters. The largest absolute Gasteiger partial charge is 0.449 e. The van der Waals surface area contributed by atoms with Crippen LogP contribution < -0.4 is 5.32 Å². The molecule has 2 saturated heterocycles. The van der Waals surface area contributed by atoms with E-state index in [2.05, 4.69) is 5.32 Å². The summed E-state index contributed by atoms with van der Waals surface area (Å²) in [5.41, 5.74) is -2.97. The molecule has 2 aliphatic rings. The Balaban J connectivity index is 1.63. The number of nitrogens with zero attached hydrogens (tertiary/aromatic N) is 1. The summed E-state index contributed by atoms with van der Waals surface area (Å²) in [6.45, 7) is 5.30. The zero-order valence-corrected chi connectivity index (χ0v) is 18.5. The summed E-state index contributed by atoms with van der Waals surface area (Å²) in [6.07, 6.45) is -8.25. The summed E-state index contributed by atoms with van der Waals surface area (Å²) in [5.74, 6) is 0. The first kappa shape index (κ1) is 25.6. The summed E-state index contributed by atoms with van der Waals surface area (Å²) < 4.78 is 89.2. The van der Waals surface area contributed by atoms with Crippen molar-refractivity contribution >= 4 is 6.09 Å². The highest BCUT2D eigenvalue weighted by atomic mass is 19.4. The minimum absolute atomic E-state index is 0.111. The Morgan fingerprint density at radius 3 is 2.18 bits per heavy atom. The molecule has 1 amide bonds. The van der Waals surface area contributed by atoms with E-state index < -0.39 is 29.6 Å². The average molecular weight is 482 g/mol. The number of halogens is 6. The molecule has 1 aromatic rings. The number of benzene rings is 1. The molecule has 2 fully saturated rings. The Morgan fingerprint density at radius 1 is 1.12 bits per heavy atom. The fourth-order valence-electron chi connectivity index (χ4n) is 4.14. The van der Waals surface area contributed by atoms with Crippen LogP contribution in [0.15, 0.2) is 18.2 Å². The highest BCUT2D eigenvalue weighted by molar-refractivity contribution is 5.68. The van der Waals surface area contributed by atoms with Gasteiger partial charge in [0, 0.05) is 25.2 Å². The maximum atomic E-state index is 13.1. The predicted molar refractivity (Wildman–Crippen MR) is 107 cm³/mol. The quantitative estimate of drug-likeness (QED) is 0.541. The first-order chi connectivity index (χ1) is 15.4. The summed E-state index contributed by atoms with van der Waals surface area (Å²) in [7, 11) is 0. The van der Waals surface area contributed by atoms with Crippen LogP contribution in [-0.4, -0.2) is 49.4 Å². The van der Waals surface area contributed by atoms with E-state index in [9.17, 15) is 31.1 Å². The Hall–Kier alpha value is -2.01. The number of amides is 1. The van der Waals surface area contributed by atoms with Crippen LogP contribution in [0.3, 0.4) is 0 Å². The Bertz CT molecular complexity index is 801. The van der Waals surface area contributed by atoms with Gasteiger partial charge in [0.1, 0.15) is 6.61 Å². The SMILES string of the molecule is CC[C@@H]1C[C@H](NCc2cc(C(F)(F)F)cc(C(F)(F)F)c2)CN1C(=O)OCC1(CC)COC1. The number of nitrogens with one attached hydrogen (secondary N) is 1. The van der Waals surface area contributed by atoms with Gasteiger partial charge in [-0.25, -0.2) is 4.79 Å². The van der Waals surface area contributed by atoms with Crippen molar-refractivity contribution in [1.82, 2.24) is 10.2 Å². The molecule has 11 heteroatoms. The van der Waals surface area contributed by atoms with Gasteiger partial charge in [-0.15, -0.1) is 0 Å². The van der Waals surface area contributed by atoms with Gasteiger partial charge >= 0.3 is 18.4 Å². The van der Waals surface area contributed by atoms with E-state index in [1.807, 2.05) is 13.8 Å². The van der Waals surface area contributed by atoms with Gasteiger partial charge in [-0.3, -0.25) is 0 Å². The van der Waals surface area contributed by atoms with Gasteiger partial charge in [-0.05, 0) is 43.0 Å². The summed E-state index contributed by atoms with van der Waals surface area (Å²) in [4.78, 5) is 14.2. The molecule has 2 aliphatic heterocycles. The fourth-order valence-corrected chi connectivity index (χ4v) is 4.14. The van der Waals surface area contributed by atoms with Crippen molar-refractivity contribution in [3.63, 3.8) is 0 Å². The lowest BCUT2D eigenvalue weighted by molar-refractivity contribution is -0.143. The zero-order valence-electron chi connectivity index (χ0n) is 18.5. The second-order valence-corrected chi connectivity index (χ2v) is 8.84. The van der Waals surface area contributed by atoms with Crippen molar-refractivity contribution in [3.8, 4) is 0 Å². The van der Waals surface area contributed by atoms with Crippen molar-refractivity contribution in [2.24, 2.45) is 5.41 Å². The molecule has 1 aromatic carbocycles. The van der Waals surface area contributed by atoms with Gasteiger partial charge in [0.2, 0.25) is 0 Å². The highest BCUT2D eigenvalue weighted by Gasteiger charge is 2.41. The molecule has 2 heterocycles. The van der Waals surface area contributed by atoms with Gasteiger partial charge in [0.15, 0.2) is 0 Å². The smallest absolute Gasteiger partial charge is 0.416 e. The van der Waals surface area contributed by atoms with Crippen molar-refractivity contribution in [2.75, 3.05) is 26.4 Å². The number of alkyl halides is 6. The standard InChI is InChI=1S/C22H28F6N2O3/c1-3-18-8-17(10-30(18)19(31)33-13-20(4-2)11-32-12-20)29-9-14-5-15(21(23,24)25)7-16(6-14)22(26,27)28/h5-7,17-18,29H,3-4,8-13H2,1-2H3/t17-,18+/m0/s1. The molecule has 2 atom stereocenters. The van der Waals surface area contributed by atoms with E-state index in [0.29, 0.717) is 38.2 Å². The molecule has 1 N–H and O–H groups in total. The summed E-state index contributed by atoms with van der Waals surface area (Å²) >= 11 is 0. The van der Waals surface area contributed by atoms with Gasteiger partial charge in [-0.2, -0.15) is 26.3 Å². The minimum Gasteiger partial charge on any atom is -0.449 e. The maximum absolute atomic E-state index is 13.1. The average Bonchev–Trinajstić information content (AvgIpc) is 3.13. The molecule has 0 saturated carbocycles. The highest BCUT2D eigenvalue weighted by Crippen LogP contribution is 2.36. The molecule has 186 valence electrons. The molecule has 3 rings (SSSR count). The first-order valence-electron chi connectivity index (χ1n) is 10.9. The van der Waals surface area contributed by atoms with Crippen LogP contribution in [0, 0.1) is 5.41 Å². The van der Waals surface area contributed by atoms with E-state index in [1.165, 1.54) is 0 Å². The van der Waals surface area contributed by atoms with Crippen molar-refractivity contribution in [1.29, 1.82) is 0 Å². The number of hydrogen-bond donors (Lipinski definition) is 1. The lowest BCUT2D eigenvalue weighted by Crippen LogP contribution is -2.47. The fraction of sp³-hybridized carbons (Fsp3) is 0.682. The molecule has 0 aliphatic carbocycles. The van der Waals surface area contributed by atoms with Crippen molar-refractivity contribution < 1.29 is 40.6 Å². The van der Waals surface area contributed by atoms with Crippen LogP contribution in [0.5, 0.6) is 0 Å². The monoisotopic (exact) mass is 482 g/mol. The Morgan fingerprint density at radius 2 is 1.73 bits per heavy atom. The molecule has 0 bridgehead atoms. The van der Waals surface area contributed by atoms with Gasteiger partial charge < -0.3 is 19.7 Å². The van der Waals surface area contributed by atoms with E-state index in [-0.39, 0.29) is 48.8 Å². The molecule has 0 radical (unpaired) electrons. The Kier molecular flexibility index (Phi) is 7.52. The number of ether oxygens (including phenoxy) is 2. The Labute approximate surface area is 188 Å². The van der Waals surface area contributed by atoms with E-state index in [1.54, 1.807) is 4.90 Å². The maximum Gasteiger partial charge on any atom is 0.416 e. The molecule has 33 heavy (non-hydrogen) atoms. The second kappa shape index (κ2) is 9.69. The third kappa shape index (κ3) is 6.11. The zero-order chi connectivity index (χ0) is 24.4. The summed E-state index contributed by atoms with van der Waals surface area (Å²) in [6, 6.07) is 1.13. The second-order valence-electron chi connectivity index (χ2n) is 8.84. The van der Waals surface area contributed by atoms with E-state index in [4.69, 9.17) is 9.47 Å². The number of hydrogen-bond acceptors (Lipinski definition) is 4. The number of carbonyl (C=O) groups excluding carboxylic acids is 1. The van der Waals surface area contributed by atoms with Crippen LogP contribution in [0.2, 0.25) is 0 Å². The van der Waals surface area contributed by atoms with Gasteiger partial charge in [-0.1, -0.05) is 13.8 Å². The van der Waals surface area contributed by atoms with Crippen LogP contribution in [0.1, 0.15) is 49.8 Å². The number of likely N-dealkylation sites (tertiary alicyclic amines) is 1. The lowest BCUT2D eigenvalue weighted by Gasteiger charge is -2.40. The van der Waals surface area contributed by atoms with Crippen LogP contribution in [0.25, 0.3) is 0 Å². The predicted octanol–water partition coefficient (Wildman–Crippen LogP) is 5.23. The normalized spacial score (nSPS) is 22.8. The van der Waals surface area contributed by atoms with Gasteiger partial charge in [0.25, 0.3) is 0 Å². The van der Waals surface area contributed by atoms with E-state index in [0.717, 1.165) is 6.42 Å². The van der Waals surface area contributed by atoms with Gasteiger partial charge in [0.05, 0.1) is 29.8 Å². The minimum atomic E-state index is -4.89. The van der Waals surface area contributed by atoms with Crippen LogP contribution in [-0.2, 0) is 28.4 Å². The first-order valence-corrected chi connectivity index (χ1v) is 10.9. The van der Waals surface area contributed by atoms with E-state index >= 15 is 0 Å². The third-order valence-electron chi connectivity index (χ3n) is 6.43. The van der Waals surface area contributed by atoms with Crippen molar-refractivity contribution in [2.45, 2.75) is 64.1 Å². The molecule has 0 aromatic heterocycles. The number of carbonyl (C=O) groups is 1. The number of rotatable bonds is 7. The topological polar surface area (TPSA) is 50.8 Å². The molecule has 0 spiro atoms. The molecular formula is C22H28F6N2O3. The molecular weight excluding hydrogens is 454 g/mol. The van der Waals surface area contributed by atoms with Crippen LogP contribution in [0.4, 0.5) is 31.1 Å². The van der Waals surface area contributed by atoms with Crippen molar-refractivity contribution in [3.05, 3.63) is 34.9 Å². The molecule has 5 nitrogen and oxygen atoms in total. The lowest BCUT2D eigenvalue weighted by atomic mass is 9.84.